The minimum Gasteiger partial charge on any atom is -0.479 e. The van der Waals surface area contributed by atoms with Gasteiger partial charge in [0.2, 0.25) is 0 Å². The molecule has 4 heteroatoms. The molecular weight excluding hydrogens is 170 g/mol. The molecule has 0 aromatic carbocycles. The molecule has 78 valence electrons. The van der Waals surface area contributed by atoms with Gasteiger partial charge in [-0.15, -0.1) is 0 Å². The maximum atomic E-state index is 10.7. The van der Waals surface area contributed by atoms with Crippen LogP contribution in [0, 0.1) is 0 Å². The number of carbonyl (C=O) groups is 1. The van der Waals surface area contributed by atoms with Crippen LogP contribution in [0.2, 0.25) is 0 Å². The Hall–Kier alpha value is -0.610. The van der Waals surface area contributed by atoms with E-state index in [4.69, 9.17) is 9.84 Å². The van der Waals surface area contributed by atoms with Crippen LogP contribution in [0.4, 0.5) is 0 Å². The Morgan fingerprint density at radius 3 is 2.38 bits per heavy atom. The molecule has 1 atom stereocenters. The van der Waals surface area contributed by atoms with Crippen molar-refractivity contribution in [2.75, 3.05) is 20.2 Å². The van der Waals surface area contributed by atoms with Gasteiger partial charge >= 0.3 is 5.97 Å². The van der Waals surface area contributed by atoms with Gasteiger partial charge in [0.05, 0.1) is 0 Å². The third kappa shape index (κ3) is 4.85. The molecule has 0 aliphatic carbocycles. The fraction of sp³-hybridized carbons (Fsp3) is 0.889. The number of aliphatic carboxylic acids is 1. The van der Waals surface area contributed by atoms with Gasteiger partial charge in [-0.3, -0.25) is 0 Å². The normalized spacial score (nSPS) is 13.7. The van der Waals surface area contributed by atoms with Crippen LogP contribution in [0.1, 0.15) is 20.8 Å². The number of likely N-dealkylation sites (N-methyl/N-ethyl adjacent to an activating group) is 1. The van der Waals surface area contributed by atoms with E-state index in [1.54, 1.807) is 6.92 Å². The standard InChI is InChI=1S/C9H19NO3/c1-5-13-8(9(11)12)6-10(4)7(2)3/h7-8H,5-6H2,1-4H3,(H,11,12). The lowest BCUT2D eigenvalue weighted by atomic mass is 10.3. The summed E-state index contributed by atoms with van der Waals surface area (Å²) in [6, 6.07) is 0.335. The lowest BCUT2D eigenvalue weighted by molar-refractivity contribution is -0.151. The smallest absolute Gasteiger partial charge is 0.334 e. The van der Waals surface area contributed by atoms with Crippen LogP contribution >= 0.6 is 0 Å². The summed E-state index contributed by atoms with van der Waals surface area (Å²) in [6.07, 6.45) is -0.711. The highest BCUT2D eigenvalue weighted by molar-refractivity contribution is 5.72. The zero-order chi connectivity index (χ0) is 10.4. The summed E-state index contributed by atoms with van der Waals surface area (Å²) in [5.41, 5.74) is 0. The van der Waals surface area contributed by atoms with Gasteiger partial charge in [-0.05, 0) is 27.8 Å². The molecule has 0 saturated carbocycles. The van der Waals surface area contributed by atoms with Crippen LogP contribution < -0.4 is 0 Å². The predicted molar refractivity (Wildman–Crippen MR) is 50.8 cm³/mol. The highest BCUT2D eigenvalue weighted by Gasteiger charge is 2.20. The number of carboxylic acid groups (broad SMARTS) is 1. The molecule has 13 heavy (non-hydrogen) atoms. The second kappa shape index (κ2) is 5.94. The van der Waals surface area contributed by atoms with Crippen LogP contribution in [-0.2, 0) is 9.53 Å². The average molecular weight is 189 g/mol. The molecule has 1 unspecified atom stereocenters. The predicted octanol–water partition coefficient (Wildman–Crippen LogP) is 0.816. The lowest BCUT2D eigenvalue weighted by Crippen LogP contribution is -2.39. The Morgan fingerprint density at radius 2 is 2.08 bits per heavy atom. The van der Waals surface area contributed by atoms with Crippen LogP contribution in [0.25, 0.3) is 0 Å². The highest BCUT2D eigenvalue weighted by Crippen LogP contribution is 2.00. The minimum absolute atomic E-state index is 0.335. The molecule has 0 aromatic heterocycles. The third-order valence-corrected chi connectivity index (χ3v) is 1.98. The van der Waals surface area contributed by atoms with Gasteiger partial charge in [0.15, 0.2) is 6.10 Å². The third-order valence-electron chi connectivity index (χ3n) is 1.98. The Balaban J connectivity index is 4.01. The van der Waals surface area contributed by atoms with E-state index >= 15 is 0 Å². The number of carboxylic acids is 1. The van der Waals surface area contributed by atoms with Gasteiger partial charge in [0.1, 0.15) is 0 Å². The fourth-order valence-electron chi connectivity index (χ4n) is 0.876. The van der Waals surface area contributed by atoms with Gasteiger partial charge in [-0.1, -0.05) is 0 Å². The van der Waals surface area contributed by atoms with Gasteiger partial charge in [-0.2, -0.15) is 0 Å². The molecule has 0 saturated heterocycles. The Kier molecular flexibility index (Phi) is 5.66. The number of ether oxygens (including phenoxy) is 1. The van der Waals surface area contributed by atoms with E-state index in [0.717, 1.165) is 0 Å². The van der Waals surface area contributed by atoms with Gasteiger partial charge < -0.3 is 14.7 Å². The zero-order valence-corrected chi connectivity index (χ0v) is 8.78. The quantitative estimate of drug-likeness (QED) is 0.672. The highest BCUT2D eigenvalue weighted by atomic mass is 16.5. The summed E-state index contributed by atoms with van der Waals surface area (Å²) in [7, 11) is 1.89. The van der Waals surface area contributed by atoms with Crippen LogP contribution in [0.5, 0.6) is 0 Å². The number of nitrogens with zero attached hydrogens (tertiary/aromatic N) is 1. The monoisotopic (exact) mass is 189 g/mol. The van der Waals surface area contributed by atoms with Crippen molar-refractivity contribution in [3.05, 3.63) is 0 Å². The molecule has 0 aliphatic rings. The zero-order valence-electron chi connectivity index (χ0n) is 8.78. The first-order chi connectivity index (χ1) is 5.99. The SMILES string of the molecule is CCOC(CN(C)C(C)C)C(=O)O. The maximum Gasteiger partial charge on any atom is 0.334 e. The van der Waals surface area contributed by atoms with E-state index in [-0.39, 0.29) is 0 Å². The maximum absolute atomic E-state index is 10.7. The molecule has 0 rings (SSSR count). The van der Waals surface area contributed by atoms with Crippen molar-refractivity contribution in [3.63, 3.8) is 0 Å². The molecular formula is C9H19NO3. The van der Waals surface area contributed by atoms with Gasteiger partial charge in [0, 0.05) is 19.2 Å². The second-order valence-corrected chi connectivity index (χ2v) is 3.32. The molecule has 0 spiro atoms. The van der Waals surface area contributed by atoms with Crippen molar-refractivity contribution in [1.29, 1.82) is 0 Å². The van der Waals surface area contributed by atoms with E-state index in [1.807, 2.05) is 25.8 Å². The van der Waals surface area contributed by atoms with Crippen molar-refractivity contribution in [2.45, 2.75) is 32.9 Å². The second-order valence-electron chi connectivity index (χ2n) is 3.32. The van der Waals surface area contributed by atoms with Crippen molar-refractivity contribution in [2.24, 2.45) is 0 Å². The Labute approximate surface area is 79.5 Å². The molecule has 0 amide bonds. The van der Waals surface area contributed by atoms with E-state index in [2.05, 4.69) is 0 Å². The first kappa shape index (κ1) is 12.4. The van der Waals surface area contributed by atoms with Crippen LogP contribution in [0.15, 0.2) is 0 Å². The van der Waals surface area contributed by atoms with Crippen molar-refractivity contribution in [1.82, 2.24) is 4.90 Å². The Morgan fingerprint density at radius 1 is 1.54 bits per heavy atom. The molecule has 4 nitrogen and oxygen atoms in total. The molecule has 0 aromatic rings. The van der Waals surface area contributed by atoms with Gasteiger partial charge in [-0.25, -0.2) is 4.79 Å². The van der Waals surface area contributed by atoms with Crippen molar-refractivity contribution in [3.8, 4) is 0 Å². The summed E-state index contributed by atoms with van der Waals surface area (Å²) in [4.78, 5) is 12.6. The first-order valence-electron chi connectivity index (χ1n) is 4.53. The summed E-state index contributed by atoms with van der Waals surface area (Å²) >= 11 is 0. The lowest BCUT2D eigenvalue weighted by Gasteiger charge is -2.24. The van der Waals surface area contributed by atoms with E-state index < -0.39 is 12.1 Å². The largest absolute Gasteiger partial charge is 0.479 e. The summed E-state index contributed by atoms with van der Waals surface area (Å²) in [5, 5.41) is 8.78. The number of rotatable bonds is 6. The Bertz CT molecular complexity index is 159. The van der Waals surface area contributed by atoms with E-state index in [0.29, 0.717) is 19.2 Å². The molecule has 1 N–H and O–H groups in total. The van der Waals surface area contributed by atoms with Crippen LogP contribution in [-0.4, -0.2) is 48.3 Å². The summed E-state index contributed by atoms with van der Waals surface area (Å²) < 4.78 is 5.08. The first-order valence-corrected chi connectivity index (χ1v) is 4.53. The van der Waals surface area contributed by atoms with Crippen molar-refractivity contribution >= 4 is 5.97 Å². The molecule has 0 fully saturated rings. The minimum atomic E-state index is -0.894. The summed E-state index contributed by atoms with van der Waals surface area (Å²) in [6.45, 7) is 6.70. The number of hydrogen-bond donors (Lipinski definition) is 1. The fourth-order valence-corrected chi connectivity index (χ4v) is 0.876. The van der Waals surface area contributed by atoms with Gasteiger partial charge in [0.25, 0.3) is 0 Å². The number of hydrogen-bond acceptors (Lipinski definition) is 3. The topological polar surface area (TPSA) is 49.8 Å². The molecule has 0 aliphatic heterocycles. The van der Waals surface area contributed by atoms with Crippen LogP contribution in [0.3, 0.4) is 0 Å². The van der Waals surface area contributed by atoms with E-state index in [9.17, 15) is 4.79 Å². The van der Waals surface area contributed by atoms with Crippen molar-refractivity contribution < 1.29 is 14.6 Å². The molecule has 0 bridgehead atoms. The average Bonchev–Trinajstić information content (AvgIpc) is 2.03. The van der Waals surface area contributed by atoms with E-state index in [1.165, 1.54) is 0 Å². The molecule has 0 radical (unpaired) electrons. The molecule has 0 heterocycles. The summed E-state index contributed by atoms with van der Waals surface area (Å²) in [5.74, 6) is -0.894.